The Morgan fingerprint density at radius 1 is 1.05 bits per heavy atom. The average molecular weight is 274 g/mol. The molecule has 0 aliphatic carbocycles. The summed E-state index contributed by atoms with van der Waals surface area (Å²) in [7, 11) is 0. The van der Waals surface area contributed by atoms with Gasteiger partial charge in [-0.05, 0) is 17.2 Å². The van der Waals surface area contributed by atoms with Crippen LogP contribution in [0.25, 0.3) is 0 Å². The second-order valence-corrected chi connectivity index (χ2v) is 4.54. The van der Waals surface area contributed by atoms with Crippen LogP contribution in [-0.2, 0) is 13.1 Å². The molecule has 0 amide bonds. The molecular formula is C15H16ClN3. The first-order valence-corrected chi connectivity index (χ1v) is 6.44. The van der Waals surface area contributed by atoms with E-state index in [1.54, 1.807) is 0 Å². The Labute approximate surface area is 118 Å². The number of nitrogens with one attached hydrogen (secondary N) is 1. The van der Waals surface area contributed by atoms with E-state index in [0.717, 1.165) is 16.1 Å². The summed E-state index contributed by atoms with van der Waals surface area (Å²) >= 11 is 6.06. The van der Waals surface area contributed by atoms with E-state index in [-0.39, 0.29) is 0 Å². The van der Waals surface area contributed by atoms with Crippen molar-refractivity contribution in [3.8, 4) is 0 Å². The van der Waals surface area contributed by atoms with E-state index in [1.807, 2.05) is 54.6 Å². The zero-order valence-electron chi connectivity index (χ0n) is 10.5. The van der Waals surface area contributed by atoms with Crippen molar-refractivity contribution in [3.63, 3.8) is 0 Å². The number of rotatable bonds is 4. The van der Waals surface area contributed by atoms with Gasteiger partial charge in [0.2, 0.25) is 0 Å². The van der Waals surface area contributed by atoms with E-state index in [0.29, 0.717) is 19.0 Å². The molecule has 0 aliphatic heterocycles. The van der Waals surface area contributed by atoms with Crippen molar-refractivity contribution in [2.45, 2.75) is 13.1 Å². The first-order valence-electron chi connectivity index (χ1n) is 6.07. The van der Waals surface area contributed by atoms with E-state index >= 15 is 0 Å². The highest BCUT2D eigenvalue weighted by Crippen LogP contribution is 2.14. The Morgan fingerprint density at radius 3 is 2.47 bits per heavy atom. The van der Waals surface area contributed by atoms with Crippen LogP contribution < -0.4 is 11.1 Å². The normalized spacial score (nSPS) is 11.3. The molecule has 0 spiro atoms. The van der Waals surface area contributed by atoms with Gasteiger partial charge in [0.05, 0.1) is 6.54 Å². The standard InChI is InChI=1S/C15H16ClN3/c16-14-9-5-4-8-13(14)11-19-15(17)18-10-12-6-2-1-3-7-12/h1-9H,10-11H2,(H3,17,18,19). The Morgan fingerprint density at radius 2 is 1.74 bits per heavy atom. The Balaban J connectivity index is 1.88. The summed E-state index contributed by atoms with van der Waals surface area (Å²) < 4.78 is 0. The van der Waals surface area contributed by atoms with Gasteiger partial charge in [0.15, 0.2) is 5.96 Å². The van der Waals surface area contributed by atoms with Crippen LogP contribution in [0.1, 0.15) is 11.1 Å². The van der Waals surface area contributed by atoms with Crippen molar-refractivity contribution in [1.29, 1.82) is 0 Å². The number of halogens is 1. The number of guanidine groups is 1. The van der Waals surface area contributed by atoms with Gasteiger partial charge >= 0.3 is 0 Å². The van der Waals surface area contributed by atoms with Crippen molar-refractivity contribution in [2.24, 2.45) is 10.7 Å². The van der Waals surface area contributed by atoms with Crippen LogP contribution in [0.15, 0.2) is 59.6 Å². The second-order valence-electron chi connectivity index (χ2n) is 4.13. The quantitative estimate of drug-likeness (QED) is 0.665. The number of hydrogen-bond acceptors (Lipinski definition) is 1. The number of nitrogens with two attached hydrogens (primary N) is 1. The van der Waals surface area contributed by atoms with Gasteiger partial charge in [-0.25, -0.2) is 4.99 Å². The van der Waals surface area contributed by atoms with E-state index in [9.17, 15) is 0 Å². The lowest BCUT2D eigenvalue weighted by Gasteiger charge is -2.07. The highest BCUT2D eigenvalue weighted by Gasteiger charge is 1.99. The fourth-order valence-electron chi connectivity index (χ4n) is 1.64. The highest BCUT2D eigenvalue weighted by molar-refractivity contribution is 6.31. The van der Waals surface area contributed by atoms with Crippen LogP contribution in [0, 0.1) is 0 Å². The first kappa shape index (κ1) is 13.4. The maximum atomic E-state index is 6.06. The van der Waals surface area contributed by atoms with Crippen LogP contribution >= 0.6 is 11.6 Å². The zero-order valence-corrected chi connectivity index (χ0v) is 11.3. The molecule has 0 radical (unpaired) electrons. The molecule has 98 valence electrons. The minimum absolute atomic E-state index is 0.420. The molecule has 0 aliphatic rings. The minimum atomic E-state index is 0.420. The fourth-order valence-corrected chi connectivity index (χ4v) is 1.85. The number of aliphatic imine (C=N–C) groups is 1. The van der Waals surface area contributed by atoms with Crippen molar-refractivity contribution in [2.75, 3.05) is 0 Å². The van der Waals surface area contributed by atoms with Crippen LogP contribution in [-0.4, -0.2) is 5.96 Å². The fraction of sp³-hybridized carbons (Fsp3) is 0.133. The van der Waals surface area contributed by atoms with E-state index in [2.05, 4.69) is 10.3 Å². The SMILES string of the molecule is NC(=NCc1ccccc1)NCc1ccccc1Cl. The monoisotopic (exact) mass is 273 g/mol. The molecule has 2 aromatic rings. The van der Waals surface area contributed by atoms with Gasteiger partial charge in [0.1, 0.15) is 0 Å². The number of benzene rings is 2. The molecule has 0 bridgehead atoms. The van der Waals surface area contributed by atoms with E-state index in [1.165, 1.54) is 0 Å². The van der Waals surface area contributed by atoms with Crippen LogP contribution in [0.3, 0.4) is 0 Å². The topological polar surface area (TPSA) is 50.4 Å². The minimum Gasteiger partial charge on any atom is -0.370 e. The summed E-state index contributed by atoms with van der Waals surface area (Å²) in [5, 5.41) is 3.78. The van der Waals surface area contributed by atoms with Crippen LogP contribution in [0.2, 0.25) is 5.02 Å². The third-order valence-corrected chi connectivity index (χ3v) is 3.06. The maximum Gasteiger partial charge on any atom is 0.189 e. The number of hydrogen-bond donors (Lipinski definition) is 2. The molecule has 0 atom stereocenters. The smallest absolute Gasteiger partial charge is 0.189 e. The molecule has 2 aromatic carbocycles. The molecule has 0 aromatic heterocycles. The first-order chi connectivity index (χ1) is 9.25. The molecule has 0 unspecified atom stereocenters. The van der Waals surface area contributed by atoms with Gasteiger partial charge in [-0.3, -0.25) is 0 Å². The van der Waals surface area contributed by atoms with Crippen LogP contribution in [0.5, 0.6) is 0 Å². The van der Waals surface area contributed by atoms with E-state index < -0.39 is 0 Å². The molecule has 4 heteroatoms. The van der Waals surface area contributed by atoms with Gasteiger partial charge < -0.3 is 11.1 Å². The molecule has 3 nitrogen and oxygen atoms in total. The van der Waals surface area contributed by atoms with Gasteiger partial charge in [0.25, 0.3) is 0 Å². The molecule has 0 fully saturated rings. The Bertz CT molecular complexity index is 552. The third-order valence-electron chi connectivity index (χ3n) is 2.69. The summed E-state index contributed by atoms with van der Waals surface area (Å²) in [4.78, 5) is 4.28. The van der Waals surface area contributed by atoms with Gasteiger partial charge in [0, 0.05) is 11.6 Å². The van der Waals surface area contributed by atoms with Crippen molar-refractivity contribution in [3.05, 3.63) is 70.7 Å². The van der Waals surface area contributed by atoms with Crippen LogP contribution in [0.4, 0.5) is 0 Å². The van der Waals surface area contributed by atoms with Gasteiger partial charge in [-0.2, -0.15) is 0 Å². The lowest BCUT2D eigenvalue weighted by Crippen LogP contribution is -2.31. The predicted molar refractivity (Wildman–Crippen MR) is 80.1 cm³/mol. The maximum absolute atomic E-state index is 6.06. The lowest BCUT2D eigenvalue weighted by atomic mass is 10.2. The largest absolute Gasteiger partial charge is 0.370 e. The van der Waals surface area contributed by atoms with E-state index in [4.69, 9.17) is 17.3 Å². The van der Waals surface area contributed by atoms with Gasteiger partial charge in [-0.15, -0.1) is 0 Å². The summed E-state index contributed by atoms with van der Waals surface area (Å²) in [6.45, 7) is 1.14. The molecule has 19 heavy (non-hydrogen) atoms. The molecular weight excluding hydrogens is 258 g/mol. The molecule has 0 heterocycles. The summed E-state index contributed by atoms with van der Waals surface area (Å²) in [6, 6.07) is 17.6. The Kier molecular flexibility index (Phi) is 4.81. The lowest BCUT2D eigenvalue weighted by molar-refractivity contribution is 0.885. The summed E-state index contributed by atoms with van der Waals surface area (Å²) in [6.07, 6.45) is 0. The average Bonchev–Trinajstić information content (AvgIpc) is 2.45. The van der Waals surface area contributed by atoms with Crippen molar-refractivity contribution < 1.29 is 0 Å². The highest BCUT2D eigenvalue weighted by atomic mass is 35.5. The third kappa shape index (κ3) is 4.30. The summed E-state index contributed by atoms with van der Waals surface area (Å²) in [5.41, 5.74) is 7.95. The van der Waals surface area contributed by atoms with Crippen molar-refractivity contribution in [1.82, 2.24) is 5.32 Å². The number of nitrogens with zero attached hydrogens (tertiary/aromatic N) is 1. The van der Waals surface area contributed by atoms with Crippen molar-refractivity contribution >= 4 is 17.6 Å². The predicted octanol–water partition coefficient (Wildman–Crippen LogP) is 2.94. The summed E-state index contributed by atoms with van der Waals surface area (Å²) in [5.74, 6) is 0.420. The molecule has 3 N–H and O–H groups in total. The molecule has 0 saturated heterocycles. The second kappa shape index (κ2) is 6.81. The zero-order chi connectivity index (χ0) is 13.5. The molecule has 2 rings (SSSR count). The van der Waals surface area contributed by atoms with Gasteiger partial charge in [-0.1, -0.05) is 60.1 Å². The molecule has 0 saturated carbocycles. The Hall–Kier alpha value is -2.00.